The van der Waals surface area contributed by atoms with Crippen LogP contribution in [-0.2, 0) is 11.2 Å². The summed E-state index contributed by atoms with van der Waals surface area (Å²) in [6.45, 7) is 4.62. The van der Waals surface area contributed by atoms with Gasteiger partial charge in [-0.1, -0.05) is 24.3 Å². The maximum Gasteiger partial charge on any atom is 0.325 e. The van der Waals surface area contributed by atoms with Crippen LogP contribution in [0.1, 0.15) is 41.7 Å². The van der Waals surface area contributed by atoms with Gasteiger partial charge in [-0.15, -0.1) is 0 Å². The molecule has 1 aromatic heterocycles. The Labute approximate surface area is 124 Å². The lowest BCUT2D eigenvalue weighted by Gasteiger charge is -2.38. The third-order valence-corrected chi connectivity index (χ3v) is 4.22. The first-order valence-corrected chi connectivity index (χ1v) is 7.20. The molecule has 110 valence electrons. The van der Waals surface area contributed by atoms with Crippen LogP contribution >= 0.6 is 0 Å². The lowest BCUT2D eigenvalue weighted by atomic mass is 9.91. The summed E-state index contributed by atoms with van der Waals surface area (Å²) in [6, 6.07) is 11.0. The second-order valence-electron chi connectivity index (χ2n) is 5.55. The van der Waals surface area contributed by atoms with Crippen LogP contribution in [-0.4, -0.2) is 22.5 Å². The van der Waals surface area contributed by atoms with Crippen molar-refractivity contribution in [3.05, 3.63) is 59.0 Å². The van der Waals surface area contributed by atoms with Crippen molar-refractivity contribution < 1.29 is 14.3 Å². The van der Waals surface area contributed by atoms with Gasteiger partial charge >= 0.3 is 5.97 Å². The second kappa shape index (κ2) is 5.37. The number of rotatable bonds is 3. The van der Waals surface area contributed by atoms with Crippen molar-refractivity contribution in [1.29, 1.82) is 0 Å². The number of carboxylic acids is 1. The molecule has 1 aromatic carbocycles. The van der Waals surface area contributed by atoms with Crippen LogP contribution in [0.2, 0.25) is 0 Å². The molecule has 0 saturated heterocycles. The molecule has 1 aliphatic rings. The molecule has 3 rings (SSSR count). The van der Waals surface area contributed by atoms with Gasteiger partial charge in [-0.25, -0.2) is 0 Å². The fourth-order valence-electron chi connectivity index (χ4n) is 3.12. The highest BCUT2D eigenvalue weighted by molar-refractivity contribution is 5.76. The number of hydrogen-bond donors (Lipinski definition) is 1. The molecule has 0 radical (unpaired) electrons. The minimum Gasteiger partial charge on any atom is -0.480 e. The molecule has 0 spiro atoms. The molecule has 4 nitrogen and oxygen atoms in total. The number of fused-ring (bicyclic) bond motifs is 1. The number of benzene rings is 1. The largest absolute Gasteiger partial charge is 0.480 e. The Morgan fingerprint density at radius 2 is 2.10 bits per heavy atom. The van der Waals surface area contributed by atoms with Crippen LogP contribution in [0.25, 0.3) is 0 Å². The molecule has 2 aromatic rings. The van der Waals surface area contributed by atoms with Crippen molar-refractivity contribution in [3.63, 3.8) is 0 Å². The average Bonchev–Trinajstić information content (AvgIpc) is 2.91. The molecule has 0 fully saturated rings. The summed E-state index contributed by atoms with van der Waals surface area (Å²) in [5.74, 6) is 0.858. The van der Waals surface area contributed by atoms with Crippen molar-refractivity contribution in [1.82, 2.24) is 4.90 Å². The van der Waals surface area contributed by atoms with Gasteiger partial charge in [0, 0.05) is 6.54 Å². The zero-order chi connectivity index (χ0) is 15.0. The summed E-state index contributed by atoms with van der Waals surface area (Å²) >= 11 is 0. The van der Waals surface area contributed by atoms with Crippen molar-refractivity contribution in [2.45, 2.75) is 32.4 Å². The molecular weight excluding hydrogens is 266 g/mol. The lowest BCUT2D eigenvalue weighted by Crippen LogP contribution is -2.41. The third-order valence-electron chi connectivity index (χ3n) is 4.22. The fraction of sp³-hybridized carbons (Fsp3) is 0.353. The summed E-state index contributed by atoms with van der Waals surface area (Å²) < 4.78 is 5.68. The van der Waals surface area contributed by atoms with Gasteiger partial charge in [0.25, 0.3) is 0 Å². The number of furan rings is 1. The van der Waals surface area contributed by atoms with E-state index in [-0.39, 0.29) is 6.04 Å². The molecule has 0 aliphatic carbocycles. The molecule has 0 bridgehead atoms. The monoisotopic (exact) mass is 285 g/mol. The first kappa shape index (κ1) is 13.9. The van der Waals surface area contributed by atoms with Crippen LogP contribution in [0, 0.1) is 6.92 Å². The van der Waals surface area contributed by atoms with Crippen LogP contribution in [0.4, 0.5) is 0 Å². The standard InChI is InChI=1S/C17H19NO3/c1-11-7-8-15(21-11)12(2)18-10-9-13-5-3-4-6-14(13)16(18)17(19)20/h3-8,12,16H,9-10H2,1-2H3,(H,19,20). The molecule has 2 atom stereocenters. The first-order chi connectivity index (χ1) is 10.1. The maximum atomic E-state index is 11.8. The number of aryl methyl sites for hydroxylation is 1. The Morgan fingerprint density at radius 1 is 1.33 bits per heavy atom. The lowest BCUT2D eigenvalue weighted by molar-refractivity contribution is -0.145. The summed E-state index contributed by atoms with van der Waals surface area (Å²) in [6.07, 6.45) is 0.865. The van der Waals surface area contributed by atoms with Gasteiger partial charge in [0.2, 0.25) is 0 Å². The van der Waals surface area contributed by atoms with E-state index in [9.17, 15) is 9.90 Å². The van der Waals surface area contributed by atoms with E-state index < -0.39 is 12.0 Å². The molecule has 1 aliphatic heterocycles. The van der Waals surface area contributed by atoms with Gasteiger partial charge < -0.3 is 9.52 Å². The molecule has 2 unspecified atom stereocenters. The quantitative estimate of drug-likeness (QED) is 0.939. The van der Waals surface area contributed by atoms with Gasteiger partial charge in [-0.2, -0.15) is 0 Å². The minimum atomic E-state index is -0.808. The third kappa shape index (κ3) is 2.47. The van der Waals surface area contributed by atoms with Gasteiger partial charge in [0.1, 0.15) is 17.6 Å². The number of aliphatic carboxylic acids is 1. The van der Waals surface area contributed by atoms with Crippen LogP contribution in [0.15, 0.2) is 40.8 Å². The second-order valence-corrected chi connectivity index (χ2v) is 5.55. The van der Waals surface area contributed by atoms with Crippen molar-refractivity contribution in [2.24, 2.45) is 0 Å². The molecular formula is C17H19NO3. The minimum absolute atomic E-state index is 0.0619. The summed E-state index contributed by atoms with van der Waals surface area (Å²) in [4.78, 5) is 13.8. The summed E-state index contributed by atoms with van der Waals surface area (Å²) in [5.41, 5.74) is 2.02. The fourth-order valence-corrected chi connectivity index (χ4v) is 3.12. The van der Waals surface area contributed by atoms with Gasteiger partial charge in [-0.05, 0) is 43.5 Å². The van der Waals surface area contributed by atoms with E-state index in [0.29, 0.717) is 0 Å². The summed E-state index contributed by atoms with van der Waals surface area (Å²) in [7, 11) is 0. The molecule has 0 saturated carbocycles. The van der Waals surface area contributed by atoms with E-state index in [2.05, 4.69) is 0 Å². The predicted molar refractivity (Wildman–Crippen MR) is 79.1 cm³/mol. The van der Waals surface area contributed by atoms with Crippen molar-refractivity contribution in [2.75, 3.05) is 6.54 Å². The van der Waals surface area contributed by atoms with Gasteiger partial charge in [0.15, 0.2) is 0 Å². The Morgan fingerprint density at radius 3 is 2.76 bits per heavy atom. The zero-order valence-corrected chi connectivity index (χ0v) is 12.2. The van der Waals surface area contributed by atoms with E-state index >= 15 is 0 Å². The molecule has 21 heavy (non-hydrogen) atoms. The van der Waals surface area contributed by atoms with Crippen LogP contribution < -0.4 is 0 Å². The maximum absolute atomic E-state index is 11.8. The highest BCUT2D eigenvalue weighted by Crippen LogP contribution is 2.36. The topological polar surface area (TPSA) is 53.7 Å². The van der Waals surface area contributed by atoms with Gasteiger partial charge in [-0.3, -0.25) is 9.69 Å². The molecule has 2 heterocycles. The Kier molecular flexibility index (Phi) is 3.55. The number of hydrogen-bond acceptors (Lipinski definition) is 3. The van der Waals surface area contributed by atoms with Crippen LogP contribution in [0.3, 0.4) is 0 Å². The van der Waals surface area contributed by atoms with E-state index in [1.54, 1.807) is 0 Å². The predicted octanol–water partition coefficient (Wildman–Crippen LogP) is 3.33. The highest BCUT2D eigenvalue weighted by Gasteiger charge is 2.36. The first-order valence-electron chi connectivity index (χ1n) is 7.20. The molecule has 0 amide bonds. The zero-order valence-electron chi connectivity index (χ0n) is 12.2. The SMILES string of the molecule is Cc1ccc(C(C)N2CCc3ccccc3C2C(=O)O)o1. The number of nitrogens with zero attached hydrogens (tertiary/aromatic N) is 1. The Balaban J connectivity index is 1.97. The summed E-state index contributed by atoms with van der Waals surface area (Å²) in [5, 5.41) is 9.68. The Bertz CT molecular complexity index is 662. The van der Waals surface area contributed by atoms with Crippen molar-refractivity contribution in [3.8, 4) is 0 Å². The molecule has 1 N–H and O–H groups in total. The normalized spacial score (nSPS) is 20.0. The van der Waals surface area contributed by atoms with E-state index in [0.717, 1.165) is 35.6 Å². The Hall–Kier alpha value is -2.07. The van der Waals surface area contributed by atoms with Crippen molar-refractivity contribution >= 4 is 5.97 Å². The number of carbonyl (C=O) groups is 1. The highest BCUT2D eigenvalue weighted by atomic mass is 16.4. The smallest absolute Gasteiger partial charge is 0.325 e. The van der Waals surface area contributed by atoms with Gasteiger partial charge in [0.05, 0.1) is 6.04 Å². The number of carboxylic acid groups (broad SMARTS) is 1. The average molecular weight is 285 g/mol. The molecule has 4 heteroatoms. The van der Waals surface area contributed by atoms with Crippen LogP contribution in [0.5, 0.6) is 0 Å². The van der Waals surface area contributed by atoms with E-state index in [4.69, 9.17) is 4.42 Å². The van der Waals surface area contributed by atoms with E-state index in [1.807, 2.05) is 55.1 Å². The van der Waals surface area contributed by atoms with E-state index in [1.165, 1.54) is 0 Å².